The lowest BCUT2D eigenvalue weighted by molar-refractivity contribution is 0.0921. The number of nitrogens with zero attached hydrogens (tertiary/aromatic N) is 2. The Bertz CT molecular complexity index is 976. The molecule has 3 rings (SSSR count). The van der Waals surface area contributed by atoms with E-state index in [9.17, 15) is 9.59 Å². The molecule has 2 aromatic heterocycles. The molecule has 0 aliphatic carbocycles. The molecule has 0 saturated carbocycles. The zero-order valence-electron chi connectivity index (χ0n) is 14.5. The van der Waals surface area contributed by atoms with Gasteiger partial charge in [-0.1, -0.05) is 0 Å². The van der Waals surface area contributed by atoms with E-state index in [1.54, 1.807) is 7.11 Å². The van der Waals surface area contributed by atoms with Crippen LogP contribution in [0.4, 0.5) is 0 Å². The molecule has 0 aliphatic rings. The standard InChI is InChI=1S/C18H19N3O5/c1-3-25-18-20-14-5-4-13(24-2)11-15(14)21(18)8-7-19-17(23)16-10-12(22)6-9-26-16/h4-6,9-11H,3,7-8H2,1-2H3,(H,19,23). The Morgan fingerprint density at radius 3 is 2.88 bits per heavy atom. The summed E-state index contributed by atoms with van der Waals surface area (Å²) in [4.78, 5) is 27.8. The molecule has 0 spiro atoms. The van der Waals surface area contributed by atoms with Gasteiger partial charge in [0, 0.05) is 31.3 Å². The van der Waals surface area contributed by atoms with E-state index in [1.807, 2.05) is 29.7 Å². The van der Waals surface area contributed by atoms with Crippen molar-refractivity contribution >= 4 is 16.9 Å². The predicted octanol–water partition coefficient (Wildman–Crippen LogP) is 1.83. The molecule has 0 radical (unpaired) electrons. The van der Waals surface area contributed by atoms with Crippen molar-refractivity contribution < 1.29 is 18.7 Å². The maximum Gasteiger partial charge on any atom is 0.297 e. The van der Waals surface area contributed by atoms with Crippen LogP contribution in [0.25, 0.3) is 11.0 Å². The molecule has 2 heterocycles. The van der Waals surface area contributed by atoms with Crippen LogP contribution >= 0.6 is 0 Å². The van der Waals surface area contributed by atoms with Crippen LogP contribution in [0, 0.1) is 0 Å². The predicted molar refractivity (Wildman–Crippen MR) is 94.8 cm³/mol. The molecule has 26 heavy (non-hydrogen) atoms. The van der Waals surface area contributed by atoms with Crippen LogP contribution in [0.2, 0.25) is 0 Å². The topological polar surface area (TPSA) is 95.6 Å². The maximum atomic E-state index is 12.1. The number of carbonyl (C=O) groups excluding carboxylic acids is 1. The van der Waals surface area contributed by atoms with E-state index in [0.717, 1.165) is 17.1 Å². The summed E-state index contributed by atoms with van der Waals surface area (Å²) in [6.45, 7) is 3.09. The van der Waals surface area contributed by atoms with Gasteiger partial charge in [0.15, 0.2) is 11.2 Å². The molecule has 0 fully saturated rings. The lowest BCUT2D eigenvalue weighted by atomic mass is 10.3. The van der Waals surface area contributed by atoms with Gasteiger partial charge in [-0.15, -0.1) is 0 Å². The molecule has 3 aromatic rings. The number of hydrogen-bond acceptors (Lipinski definition) is 6. The molecule has 1 aromatic carbocycles. The van der Waals surface area contributed by atoms with E-state index in [4.69, 9.17) is 13.9 Å². The highest BCUT2D eigenvalue weighted by Crippen LogP contribution is 2.25. The zero-order chi connectivity index (χ0) is 18.5. The van der Waals surface area contributed by atoms with Crippen molar-refractivity contribution in [2.24, 2.45) is 0 Å². The van der Waals surface area contributed by atoms with Gasteiger partial charge >= 0.3 is 0 Å². The van der Waals surface area contributed by atoms with Crippen LogP contribution in [0.15, 0.2) is 45.8 Å². The van der Waals surface area contributed by atoms with E-state index in [0.29, 0.717) is 31.5 Å². The third-order valence-corrected chi connectivity index (χ3v) is 3.74. The first kappa shape index (κ1) is 17.5. The summed E-state index contributed by atoms with van der Waals surface area (Å²) >= 11 is 0. The van der Waals surface area contributed by atoms with Gasteiger partial charge in [-0.25, -0.2) is 0 Å². The molecule has 1 N–H and O–H groups in total. The third-order valence-electron chi connectivity index (χ3n) is 3.74. The van der Waals surface area contributed by atoms with E-state index < -0.39 is 5.91 Å². The first-order valence-corrected chi connectivity index (χ1v) is 8.16. The SMILES string of the molecule is CCOc1nc2ccc(OC)cc2n1CCNC(=O)c1cc(=O)cco1. The van der Waals surface area contributed by atoms with E-state index in [-0.39, 0.29) is 11.2 Å². The third kappa shape index (κ3) is 3.69. The summed E-state index contributed by atoms with van der Waals surface area (Å²) < 4.78 is 17.8. The molecule has 0 aliphatic heterocycles. The second kappa shape index (κ2) is 7.73. The first-order chi connectivity index (χ1) is 12.6. The fourth-order valence-corrected chi connectivity index (χ4v) is 2.54. The van der Waals surface area contributed by atoms with Crippen molar-refractivity contribution in [2.75, 3.05) is 20.3 Å². The zero-order valence-corrected chi connectivity index (χ0v) is 14.5. The highest BCUT2D eigenvalue weighted by Gasteiger charge is 2.14. The molecule has 136 valence electrons. The average molecular weight is 357 g/mol. The number of fused-ring (bicyclic) bond motifs is 1. The molecular weight excluding hydrogens is 338 g/mol. The highest BCUT2D eigenvalue weighted by molar-refractivity contribution is 5.91. The van der Waals surface area contributed by atoms with E-state index in [2.05, 4.69) is 10.3 Å². The van der Waals surface area contributed by atoms with Gasteiger partial charge in [0.25, 0.3) is 11.9 Å². The molecule has 8 heteroatoms. The number of aromatic nitrogens is 2. The van der Waals surface area contributed by atoms with Crippen LogP contribution in [0.3, 0.4) is 0 Å². The quantitative estimate of drug-likeness (QED) is 0.693. The molecule has 1 amide bonds. The van der Waals surface area contributed by atoms with Crippen LogP contribution in [0.1, 0.15) is 17.5 Å². The summed E-state index contributed by atoms with van der Waals surface area (Å²) in [7, 11) is 1.60. The minimum Gasteiger partial charge on any atom is -0.497 e. The number of benzene rings is 1. The number of imidazole rings is 1. The van der Waals surface area contributed by atoms with Gasteiger partial charge in [0.05, 0.1) is 31.0 Å². The van der Waals surface area contributed by atoms with Crippen molar-refractivity contribution in [3.8, 4) is 11.8 Å². The normalized spacial score (nSPS) is 10.7. The Morgan fingerprint density at radius 1 is 1.31 bits per heavy atom. The van der Waals surface area contributed by atoms with Crippen molar-refractivity contribution in [3.05, 3.63) is 52.6 Å². The molecule has 0 bridgehead atoms. The Kier molecular flexibility index (Phi) is 5.21. The molecular formula is C18H19N3O5. The Morgan fingerprint density at radius 2 is 2.15 bits per heavy atom. The molecule has 0 unspecified atom stereocenters. The Balaban J connectivity index is 1.77. The minimum atomic E-state index is -0.456. The second-order valence-corrected chi connectivity index (χ2v) is 5.42. The number of carbonyl (C=O) groups is 1. The minimum absolute atomic E-state index is 0.0281. The molecule has 8 nitrogen and oxygen atoms in total. The first-order valence-electron chi connectivity index (χ1n) is 8.16. The van der Waals surface area contributed by atoms with Gasteiger partial charge in [-0.2, -0.15) is 4.98 Å². The highest BCUT2D eigenvalue weighted by atomic mass is 16.5. The number of nitrogens with one attached hydrogen (secondary N) is 1. The lowest BCUT2D eigenvalue weighted by Crippen LogP contribution is -2.28. The summed E-state index contributed by atoms with van der Waals surface area (Å²) in [6, 6.07) is 8.41. The van der Waals surface area contributed by atoms with Crippen LogP contribution in [-0.2, 0) is 6.54 Å². The Labute approximate surface area is 149 Å². The van der Waals surface area contributed by atoms with Crippen molar-refractivity contribution in [1.29, 1.82) is 0 Å². The second-order valence-electron chi connectivity index (χ2n) is 5.42. The van der Waals surface area contributed by atoms with Gasteiger partial charge in [-0.3, -0.25) is 14.2 Å². The van der Waals surface area contributed by atoms with E-state index in [1.165, 1.54) is 12.3 Å². The lowest BCUT2D eigenvalue weighted by Gasteiger charge is -2.10. The van der Waals surface area contributed by atoms with Crippen molar-refractivity contribution in [2.45, 2.75) is 13.5 Å². The number of rotatable bonds is 7. The van der Waals surface area contributed by atoms with Crippen LogP contribution in [-0.4, -0.2) is 35.7 Å². The smallest absolute Gasteiger partial charge is 0.297 e. The van der Waals surface area contributed by atoms with Crippen LogP contribution in [0.5, 0.6) is 11.8 Å². The number of ether oxygens (including phenoxy) is 2. The monoisotopic (exact) mass is 357 g/mol. The summed E-state index contributed by atoms with van der Waals surface area (Å²) in [6.07, 6.45) is 1.19. The van der Waals surface area contributed by atoms with Gasteiger partial charge < -0.3 is 19.2 Å². The number of hydrogen-bond donors (Lipinski definition) is 1. The average Bonchev–Trinajstić information content (AvgIpc) is 2.98. The largest absolute Gasteiger partial charge is 0.497 e. The fourth-order valence-electron chi connectivity index (χ4n) is 2.54. The molecule has 0 saturated heterocycles. The number of methoxy groups -OCH3 is 1. The van der Waals surface area contributed by atoms with Crippen molar-refractivity contribution in [3.63, 3.8) is 0 Å². The van der Waals surface area contributed by atoms with Gasteiger partial charge in [-0.05, 0) is 19.1 Å². The van der Waals surface area contributed by atoms with Gasteiger partial charge in [0.1, 0.15) is 5.75 Å². The molecule has 0 atom stereocenters. The van der Waals surface area contributed by atoms with Gasteiger partial charge in [0.2, 0.25) is 0 Å². The maximum absolute atomic E-state index is 12.1. The van der Waals surface area contributed by atoms with Crippen LogP contribution < -0.4 is 20.2 Å². The fraction of sp³-hybridized carbons (Fsp3) is 0.278. The summed E-state index contributed by atoms with van der Waals surface area (Å²) in [5, 5.41) is 2.72. The number of amides is 1. The van der Waals surface area contributed by atoms with E-state index >= 15 is 0 Å². The van der Waals surface area contributed by atoms with Crippen molar-refractivity contribution in [1.82, 2.24) is 14.9 Å². The summed E-state index contributed by atoms with van der Waals surface area (Å²) in [5.41, 5.74) is 1.33. The summed E-state index contributed by atoms with van der Waals surface area (Å²) in [5.74, 6) is 0.221. The Hall–Kier alpha value is -3.29.